The van der Waals surface area contributed by atoms with Gasteiger partial charge in [0.15, 0.2) is 5.96 Å². The molecule has 444 valence electrons. The number of hydrogen-bond acceptors (Lipinski definition) is 15. The van der Waals surface area contributed by atoms with Crippen molar-refractivity contribution in [2.75, 3.05) is 105 Å². The summed E-state index contributed by atoms with van der Waals surface area (Å²) in [6.07, 6.45) is 0.957. The summed E-state index contributed by atoms with van der Waals surface area (Å²) in [5, 5.41) is 50.9. The molecule has 3 aromatic rings. The summed E-state index contributed by atoms with van der Waals surface area (Å²) >= 11 is 1.96. The molecule has 4 fully saturated rings. The van der Waals surface area contributed by atoms with Crippen LogP contribution in [0.4, 0.5) is 0 Å². The predicted octanol–water partition coefficient (Wildman–Crippen LogP) is -2.11. The van der Waals surface area contributed by atoms with Crippen molar-refractivity contribution in [2.24, 2.45) is 21.9 Å². The van der Waals surface area contributed by atoms with E-state index >= 15 is 0 Å². The highest BCUT2D eigenvalue weighted by molar-refractivity contribution is 14.1. The minimum absolute atomic E-state index is 0.0151. The van der Waals surface area contributed by atoms with Crippen LogP contribution in [0.15, 0.2) is 65.7 Å². The van der Waals surface area contributed by atoms with E-state index in [9.17, 15) is 38.7 Å². The molecule has 0 unspecified atom stereocenters. The lowest BCUT2D eigenvalue weighted by atomic mass is 9.90. The quantitative estimate of drug-likeness (QED) is 0.0298. The largest absolute Gasteiger partial charge is 0.507 e. The van der Waals surface area contributed by atoms with Crippen LogP contribution in [0.25, 0.3) is 10.8 Å². The Hall–Kier alpha value is -6.23. The van der Waals surface area contributed by atoms with Crippen molar-refractivity contribution < 1.29 is 38.7 Å². The highest BCUT2D eigenvalue weighted by atomic mass is 127. The molecule has 4 saturated heterocycles. The van der Waals surface area contributed by atoms with Gasteiger partial charge in [-0.1, -0.05) is 55.5 Å². The van der Waals surface area contributed by atoms with Crippen LogP contribution in [0.1, 0.15) is 63.0 Å². The summed E-state index contributed by atoms with van der Waals surface area (Å²) in [6, 6.07) is 13.2. The van der Waals surface area contributed by atoms with Crippen molar-refractivity contribution in [1.29, 1.82) is 0 Å². The Bertz CT molecular complexity index is 2600. The third-order valence-corrected chi connectivity index (χ3v) is 15.6. The lowest BCUT2D eigenvalue weighted by Gasteiger charge is -2.37. The molecule has 0 saturated carbocycles. The number of likely N-dealkylation sites (N-methyl/N-ethyl adjacent to an activating group) is 1. The van der Waals surface area contributed by atoms with Gasteiger partial charge in [-0.25, -0.2) is 0 Å². The standard InChI is InChI=1S/C56H85IN16O8/c1-55-31-60-20-23-63-34-56(35-64-24-21-61-32-55,36-65-25-22-62-33-55)72-48(76)13-5-12-47(75)66-18-7-11-45-52(80)70-42(10-6-19-67-54(58)59)51(79)71-43(28-37-14-16-39-8-3-4-9-40(39)26-37)50(78)68-30-49(77)69-44(53(81)73(45)2)29-38-15-17-46(74)41(57)27-38/h3-4,8-9,14-17,26-27,42-45,60-65,74H,5-7,10-13,18-25,28-36H2,1-2H3,(H,66,75)(H,68,78)(H,69,77)(H,70,80)(H,71,79)(H,72,76)(H4,58,59,67)/t42-,43-,44+,45+,55?,56?/m0/s1. The number of carbonyl (C=O) groups excluding carboxylic acids is 7. The van der Waals surface area contributed by atoms with Gasteiger partial charge in [0.2, 0.25) is 41.4 Å². The fourth-order valence-electron chi connectivity index (χ4n) is 10.2. The second-order valence-electron chi connectivity index (χ2n) is 21.8. The van der Waals surface area contributed by atoms with Crippen LogP contribution in [0, 0.1) is 8.99 Å². The molecule has 0 radical (unpaired) electrons. The summed E-state index contributed by atoms with van der Waals surface area (Å²) in [4.78, 5) is 104. The number of carbonyl (C=O) groups is 7. The van der Waals surface area contributed by atoms with Crippen molar-refractivity contribution in [3.05, 3.63) is 75.4 Å². The van der Waals surface area contributed by atoms with Crippen LogP contribution in [-0.2, 0) is 46.4 Å². The van der Waals surface area contributed by atoms with E-state index in [1.165, 1.54) is 18.0 Å². The van der Waals surface area contributed by atoms with Crippen LogP contribution in [-0.4, -0.2) is 192 Å². The van der Waals surface area contributed by atoms with Gasteiger partial charge >= 0.3 is 0 Å². The summed E-state index contributed by atoms with van der Waals surface area (Å²) in [7, 11) is 1.43. The average Bonchev–Trinajstić information content (AvgIpc) is 3.44. The lowest BCUT2D eigenvalue weighted by molar-refractivity contribution is -0.142. The molecule has 4 aliphatic heterocycles. The van der Waals surface area contributed by atoms with Gasteiger partial charge in [0.1, 0.15) is 29.9 Å². The van der Waals surface area contributed by atoms with Crippen LogP contribution < -0.4 is 75.3 Å². The van der Waals surface area contributed by atoms with Crippen molar-refractivity contribution in [2.45, 2.75) is 94.4 Å². The minimum Gasteiger partial charge on any atom is -0.507 e. The molecule has 0 spiro atoms. The number of hydrogen-bond donors (Lipinski definition) is 15. The SMILES string of the molecule is CN1C(=O)[C@@H](Cc2ccc(O)c(I)c2)NC(=O)CNC(=O)[C@H](Cc2ccc3ccccc3c2)NC(=O)[C@H](CCCN=C(N)N)NC(=O)[C@H]1CCCNC(=O)CCCC(=O)NC12CNCCNCC(C)(CNCCNC1)CNCCNC2. The zero-order valence-electron chi connectivity index (χ0n) is 46.8. The molecule has 4 atom stereocenters. The normalized spacial score (nSPS) is 24.4. The van der Waals surface area contributed by atoms with Gasteiger partial charge in [-0.05, 0) is 88.7 Å². The molecule has 24 nitrogen and oxygen atoms in total. The predicted molar refractivity (Wildman–Crippen MR) is 320 cm³/mol. The molecule has 7 amide bonds. The minimum atomic E-state index is -1.25. The monoisotopic (exact) mass is 1240 g/mol. The number of phenolic OH excluding ortho intramolecular Hbond substituents is 1. The third-order valence-electron chi connectivity index (χ3n) is 14.8. The number of aliphatic imine (C=N–C) groups is 1. The molecular formula is C56H85IN16O8. The van der Waals surface area contributed by atoms with E-state index in [4.69, 9.17) is 11.5 Å². The van der Waals surface area contributed by atoms with Crippen molar-refractivity contribution >= 4 is 80.7 Å². The first-order valence-electron chi connectivity index (χ1n) is 28.2. The maximum Gasteiger partial charge on any atom is 0.245 e. The molecular weight excluding hydrogens is 1150 g/mol. The van der Waals surface area contributed by atoms with Crippen LogP contribution in [0.2, 0.25) is 0 Å². The number of benzene rings is 3. The molecule has 4 aliphatic rings. The van der Waals surface area contributed by atoms with E-state index in [1.54, 1.807) is 12.1 Å². The molecule has 3 aromatic carbocycles. The fourth-order valence-corrected chi connectivity index (χ4v) is 10.8. The molecule has 17 N–H and O–H groups in total. The Morgan fingerprint density at radius 2 is 1.26 bits per heavy atom. The number of guanidine groups is 1. The second kappa shape index (κ2) is 32.4. The number of nitrogens with zero attached hydrogens (tertiary/aromatic N) is 2. The summed E-state index contributed by atoms with van der Waals surface area (Å²) < 4.78 is 0.510. The molecule has 0 aromatic heterocycles. The van der Waals surface area contributed by atoms with Gasteiger partial charge in [0, 0.05) is 130 Å². The Labute approximate surface area is 488 Å². The zero-order valence-corrected chi connectivity index (χ0v) is 48.9. The average molecular weight is 1240 g/mol. The van der Waals surface area contributed by atoms with Gasteiger partial charge < -0.3 is 85.3 Å². The molecule has 81 heavy (non-hydrogen) atoms. The molecule has 7 rings (SSSR count). The molecule has 0 aliphatic carbocycles. The number of nitrogens with one attached hydrogen (secondary N) is 12. The molecule has 4 heterocycles. The maximum absolute atomic E-state index is 14.7. The van der Waals surface area contributed by atoms with Gasteiger partial charge in [-0.2, -0.15) is 0 Å². The van der Waals surface area contributed by atoms with Crippen molar-refractivity contribution in [3.8, 4) is 5.75 Å². The first-order valence-corrected chi connectivity index (χ1v) is 29.3. The van der Waals surface area contributed by atoms with Crippen LogP contribution >= 0.6 is 22.6 Å². The van der Waals surface area contributed by atoms with E-state index in [0.717, 1.165) is 75.2 Å². The first-order chi connectivity index (χ1) is 38.9. The van der Waals surface area contributed by atoms with E-state index in [1.807, 2.05) is 65.1 Å². The first kappa shape index (κ1) is 63.9. The second-order valence-corrected chi connectivity index (χ2v) is 23.0. The maximum atomic E-state index is 14.7. The van der Waals surface area contributed by atoms with E-state index < -0.39 is 65.8 Å². The Morgan fingerprint density at radius 3 is 1.90 bits per heavy atom. The number of aromatic hydroxyl groups is 1. The number of nitrogens with two attached hydrogens (primary N) is 2. The highest BCUT2D eigenvalue weighted by Gasteiger charge is 2.37. The Kier molecular flexibility index (Phi) is 25.6. The molecule has 2 bridgehead atoms. The van der Waals surface area contributed by atoms with Gasteiger partial charge in [-0.15, -0.1) is 0 Å². The van der Waals surface area contributed by atoms with E-state index in [-0.39, 0.29) is 99.8 Å². The van der Waals surface area contributed by atoms with Gasteiger partial charge in [0.05, 0.1) is 15.7 Å². The molecule has 25 heteroatoms. The topological polar surface area (TPSA) is 352 Å². The van der Waals surface area contributed by atoms with E-state index in [2.05, 4.69) is 75.7 Å². The summed E-state index contributed by atoms with van der Waals surface area (Å²) in [5.41, 5.74) is 11.9. The number of fused-ring (bicyclic) bond motifs is 16. The highest BCUT2D eigenvalue weighted by Crippen LogP contribution is 2.23. The zero-order chi connectivity index (χ0) is 58.2. The summed E-state index contributed by atoms with van der Waals surface area (Å²) in [6.45, 7) is 10.6. The van der Waals surface area contributed by atoms with Crippen LogP contribution in [0.3, 0.4) is 0 Å². The smallest absolute Gasteiger partial charge is 0.245 e. The van der Waals surface area contributed by atoms with Crippen molar-refractivity contribution in [3.63, 3.8) is 0 Å². The Morgan fingerprint density at radius 1 is 0.679 bits per heavy atom. The lowest BCUT2D eigenvalue weighted by Crippen LogP contribution is -2.66. The van der Waals surface area contributed by atoms with Crippen LogP contribution in [0.5, 0.6) is 5.75 Å². The van der Waals surface area contributed by atoms with Crippen molar-refractivity contribution in [1.82, 2.24) is 68.7 Å². The third kappa shape index (κ3) is 21.2. The number of amides is 7. The van der Waals surface area contributed by atoms with Gasteiger partial charge in [-0.3, -0.25) is 38.6 Å². The Balaban J connectivity index is 1.14. The number of phenols is 1. The van der Waals surface area contributed by atoms with Gasteiger partial charge in [0.25, 0.3) is 0 Å². The summed E-state index contributed by atoms with van der Waals surface area (Å²) in [5.74, 6) is -4.01. The fraction of sp³-hybridized carbons (Fsp3) is 0.571. The number of halogens is 1. The number of rotatable bonds is 17. The van der Waals surface area contributed by atoms with E-state index in [0.29, 0.717) is 28.8 Å².